The SMILES string of the molecule is CN=C(NCc1cccc(COC)c1)NCc1ccccc1-n1nc(C)cc1C.I. The highest BCUT2D eigenvalue weighted by molar-refractivity contribution is 14.0. The average molecular weight is 519 g/mol. The van der Waals surface area contributed by atoms with E-state index in [4.69, 9.17) is 4.74 Å². The smallest absolute Gasteiger partial charge is 0.191 e. The van der Waals surface area contributed by atoms with Crippen LogP contribution in [0.4, 0.5) is 0 Å². The molecule has 0 bridgehead atoms. The molecule has 0 fully saturated rings. The number of aliphatic imine (C=N–C) groups is 1. The summed E-state index contributed by atoms with van der Waals surface area (Å²) >= 11 is 0. The second-order valence-corrected chi connectivity index (χ2v) is 7.00. The molecule has 1 heterocycles. The summed E-state index contributed by atoms with van der Waals surface area (Å²) in [6, 6.07) is 18.7. The number of hydrogen-bond donors (Lipinski definition) is 2. The zero-order chi connectivity index (χ0) is 20.6. The van der Waals surface area contributed by atoms with Crippen LogP contribution in [0, 0.1) is 13.8 Å². The van der Waals surface area contributed by atoms with Gasteiger partial charge in [-0.2, -0.15) is 5.10 Å². The van der Waals surface area contributed by atoms with Gasteiger partial charge in [-0.25, -0.2) is 4.68 Å². The highest BCUT2D eigenvalue weighted by Gasteiger charge is 2.09. The van der Waals surface area contributed by atoms with Gasteiger partial charge in [-0.15, -0.1) is 24.0 Å². The topological polar surface area (TPSA) is 63.5 Å². The van der Waals surface area contributed by atoms with Gasteiger partial charge in [-0.05, 0) is 42.7 Å². The molecule has 30 heavy (non-hydrogen) atoms. The normalized spacial score (nSPS) is 11.1. The first-order chi connectivity index (χ1) is 14.1. The standard InChI is InChI=1S/C23H29N5O.HI/c1-17-12-18(2)28(27-17)22-11-6-5-10-21(22)15-26-23(24-3)25-14-19-8-7-9-20(13-19)16-29-4;/h5-13H,14-16H2,1-4H3,(H2,24,25,26);1H. The number of para-hydroxylation sites is 1. The summed E-state index contributed by atoms with van der Waals surface area (Å²) in [5.41, 5.74) is 6.71. The number of halogens is 1. The quantitative estimate of drug-likeness (QED) is 0.280. The fourth-order valence-electron chi connectivity index (χ4n) is 3.32. The Kier molecular flexibility index (Phi) is 9.32. The van der Waals surface area contributed by atoms with Crippen LogP contribution in [0.5, 0.6) is 0 Å². The van der Waals surface area contributed by atoms with E-state index in [9.17, 15) is 0 Å². The summed E-state index contributed by atoms with van der Waals surface area (Å²) < 4.78 is 7.20. The van der Waals surface area contributed by atoms with Crippen molar-refractivity contribution in [1.29, 1.82) is 0 Å². The lowest BCUT2D eigenvalue weighted by Crippen LogP contribution is -2.36. The van der Waals surface area contributed by atoms with Crippen molar-refractivity contribution >= 4 is 29.9 Å². The van der Waals surface area contributed by atoms with Gasteiger partial charge >= 0.3 is 0 Å². The number of methoxy groups -OCH3 is 1. The van der Waals surface area contributed by atoms with E-state index in [0.29, 0.717) is 19.7 Å². The highest BCUT2D eigenvalue weighted by atomic mass is 127. The molecule has 2 N–H and O–H groups in total. The predicted molar refractivity (Wildman–Crippen MR) is 133 cm³/mol. The van der Waals surface area contributed by atoms with Gasteiger partial charge in [0.05, 0.1) is 18.0 Å². The minimum absolute atomic E-state index is 0. The molecule has 0 saturated carbocycles. The fraction of sp³-hybridized carbons (Fsp3) is 0.304. The van der Waals surface area contributed by atoms with E-state index in [1.807, 2.05) is 29.8 Å². The second kappa shape index (κ2) is 11.7. The van der Waals surface area contributed by atoms with Crippen molar-refractivity contribution in [2.45, 2.75) is 33.5 Å². The molecule has 6 nitrogen and oxygen atoms in total. The number of ether oxygens (including phenoxy) is 1. The summed E-state index contributed by atoms with van der Waals surface area (Å²) in [5, 5.41) is 11.4. The summed E-state index contributed by atoms with van der Waals surface area (Å²) in [6.45, 7) is 6.04. The third-order valence-corrected chi connectivity index (χ3v) is 4.66. The van der Waals surface area contributed by atoms with Crippen LogP contribution in [0.25, 0.3) is 5.69 Å². The molecule has 0 atom stereocenters. The largest absolute Gasteiger partial charge is 0.380 e. The zero-order valence-corrected chi connectivity index (χ0v) is 20.3. The van der Waals surface area contributed by atoms with Crippen molar-refractivity contribution in [1.82, 2.24) is 20.4 Å². The Bertz CT molecular complexity index is 983. The first-order valence-corrected chi connectivity index (χ1v) is 9.73. The van der Waals surface area contributed by atoms with Gasteiger partial charge in [0, 0.05) is 32.9 Å². The molecular weight excluding hydrogens is 489 g/mol. The van der Waals surface area contributed by atoms with E-state index in [1.165, 1.54) is 5.56 Å². The second-order valence-electron chi connectivity index (χ2n) is 7.00. The van der Waals surface area contributed by atoms with E-state index in [2.05, 4.69) is 64.0 Å². The van der Waals surface area contributed by atoms with Crippen LogP contribution in [0.3, 0.4) is 0 Å². The molecule has 7 heteroatoms. The Labute approximate surface area is 195 Å². The maximum Gasteiger partial charge on any atom is 0.191 e. The van der Waals surface area contributed by atoms with E-state index >= 15 is 0 Å². The maximum atomic E-state index is 5.21. The van der Waals surface area contributed by atoms with E-state index in [0.717, 1.165) is 34.2 Å². The van der Waals surface area contributed by atoms with E-state index in [1.54, 1.807) is 14.2 Å². The lowest BCUT2D eigenvalue weighted by Gasteiger charge is -2.15. The first-order valence-electron chi connectivity index (χ1n) is 9.73. The van der Waals surface area contributed by atoms with Crippen molar-refractivity contribution in [2.75, 3.05) is 14.2 Å². The van der Waals surface area contributed by atoms with E-state index in [-0.39, 0.29) is 24.0 Å². The van der Waals surface area contributed by atoms with Crippen molar-refractivity contribution in [3.8, 4) is 5.69 Å². The van der Waals surface area contributed by atoms with Crippen molar-refractivity contribution in [2.24, 2.45) is 4.99 Å². The Balaban J connectivity index is 0.00000320. The van der Waals surface area contributed by atoms with Crippen LogP contribution < -0.4 is 10.6 Å². The maximum absolute atomic E-state index is 5.21. The number of hydrogen-bond acceptors (Lipinski definition) is 3. The number of guanidine groups is 1. The summed E-state index contributed by atoms with van der Waals surface area (Å²) in [4.78, 5) is 4.35. The molecular formula is C23H30IN5O. The molecule has 3 rings (SSSR count). The molecule has 0 radical (unpaired) electrons. The number of aromatic nitrogens is 2. The monoisotopic (exact) mass is 519 g/mol. The van der Waals surface area contributed by atoms with Crippen molar-refractivity contribution in [3.63, 3.8) is 0 Å². The molecule has 0 saturated heterocycles. The van der Waals surface area contributed by atoms with Crippen molar-refractivity contribution < 1.29 is 4.74 Å². The molecule has 2 aromatic carbocycles. The number of aryl methyl sites for hydroxylation is 2. The zero-order valence-electron chi connectivity index (χ0n) is 18.0. The molecule has 1 aromatic heterocycles. The molecule has 160 valence electrons. The molecule has 0 aliphatic carbocycles. The Morgan fingerprint density at radius 2 is 1.73 bits per heavy atom. The number of nitrogens with zero attached hydrogens (tertiary/aromatic N) is 3. The minimum atomic E-state index is 0. The van der Waals surface area contributed by atoms with Gasteiger partial charge in [0.2, 0.25) is 0 Å². The van der Waals surface area contributed by atoms with Gasteiger partial charge in [0.1, 0.15) is 0 Å². The lowest BCUT2D eigenvalue weighted by atomic mass is 10.1. The molecule has 0 aliphatic rings. The van der Waals surface area contributed by atoms with Gasteiger partial charge in [-0.3, -0.25) is 4.99 Å². The summed E-state index contributed by atoms with van der Waals surface area (Å²) in [7, 11) is 3.49. The van der Waals surface area contributed by atoms with Gasteiger partial charge in [-0.1, -0.05) is 42.5 Å². The number of benzene rings is 2. The Hall–Kier alpha value is -2.39. The number of nitrogens with one attached hydrogen (secondary N) is 2. The first kappa shape index (κ1) is 23.9. The van der Waals surface area contributed by atoms with Crippen LogP contribution >= 0.6 is 24.0 Å². The van der Waals surface area contributed by atoms with Gasteiger partial charge in [0.25, 0.3) is 0 Å². The Morgan fingerprint density at radius 1 is 1.00 bits per heavy atom. The predicted octanol–water partition coefficient (Wildman–Crippen LogP) is 4.12. The van der Waals surface area contributed by atoms with Crippen molar-refractivity contribution in [3.05, 3.63) is 82.7 Å². The van der Waals surface area contributed by atoms with Crippen LogP contribution in [0.2, 0.25) is 0 Å². The molecule has 3 aromatic rings. The van der Waals surface area contributed by atoms with Gasteiger partial charge in [0.15, 0.2) is 5.96 Å². The Morgan fingerprint density at radius 3 is 2.43 bits per heavy atom. The molecule has 0 spiro atoms. The van der Waals surface area contributed by atoms with Crippen LogP contribution in [0.1, 0.15) is 28.1 Å². The fourth-order valence-corrected chi connectivity index (χ4v) is 3.32. The van der Waals surface area contributed by atoms with Gasteiger partial charge < -0.3 is 15.4 Å². The molecule has 0 unspecified atom stereocenters. The summed E-state index contributed by atoms with van der Waals surface area (Å²) in [5.74, 6) is 0.755. The number of rotatable bonds is 7. The molecule has 0 amide bonds. The van der Waals surface area contributed by atoms with E-state index < -0.39 is 0 Å². The van der Waals surface area contributed by atoms with Crippen LogP contribution in [0.15, 0.2) is 59.6 Å². The minimum Gasteiger partial charge on any atom is -0.380 e. The summed E-state index contributed by atoms with van der Waals surface area (Å²) in [6.07, 6.45) is 0. The van der Waals surface area contributed by atoms with Crippen LogP contribution in [-0.2, 0) is 24.4 Å². The molecule has 0 aliphatic heterocycles. The lowest BCUT2D eigenvalue weighted by molar-refractivity contribution is 0.185. The third kappa shape index (κ3) is 6.30. The van der Waals surface area contributed by atoms with Crippen LogP contribution in [-0.4, -0.2) is 29.9 Å². The highest BCUT2D eigenvalue weighted by Crippen LogP contribution is 2.17. The average Bonchev–Trinajstić information content (AvgIpc) is 3.07. The third-order valence-electron chi connectivity index (χ3n) is 4.66.